The van der Waals surface area contributed by atoms with Crippen LogP contribution < -0.4 is 0 Å². The third-order valence-electron chi connectivity index (χ3n) is 2.89. The smallest absolute Gasteiger partial charge is 0.337 e. The van der Waals surface area contributed by atoms with Crippen LogP contribution in [0.3, 0.4) is 0 Å². The van der Waals surface area contributed by atoms with Crippen molar-refractivity contribution in [1.82, 2.24) is 0 Å². The summed E-state index contributed by atoms with van der Waals surface area (Å²) in [5.74, 6) is -0.432. The van der Waals surface area contributed by atoms with Gasteiger partial charge < -0.3 is 9.47 Å². The van der Waals surface area contributed by atoms with Gasteiger partial charge in [0, 0.05) is 19.5 Å². The molecule has 1 rings (SSSR count). The van der Waals surface area contributed by atoms with Crippen molar-refractivity contribution in [3.63, 3.8) is 0 Å². The first-order valence-electron chi connectivity index (χ1n) is 5.02. The van der Waals surface area contributed by atoms with Crippen molar-refractivity contribution in [2.45, 2.75) is 47.3 Å². The summed E-state index contributed by atoms with van der Waals surface area (Å²) in [6.45, 7) is 11.2. The van der Waals surface area contributed by atoms with E-state index in [0.717, 1.165) is 16.9 Å². The van der Waals surface area contributed by atoms with Gasteiger partial charge in [0.25, 0.3) is 5.79 Å². The van der Waals surface area contributed by atoms with E-state index in [2.05, 4.69) is 0 Å². The van der Waals surface area contributed by atoms with Gasteiger partial charge in [-0.3, -0.25) is 0 Å². The monoisotopic (exact) mass is 213 g/mol. The molecule has 0 saturated carbocycles. The van der Waals surface area contributed by atoms with Crippen molar-refractivity contribution in [3.05, 3.63) is 22.5 Å². The Balaban J connectivity index is 0.00000225. The van der Waals surface area contributed by atoms with Gasteiger partial charge in [-0.2, -0.15) is 0 Å². The number of allylic oxidation sites excluding steroid dienone is 2. The van der Waals surface area contributed by atoms with E-state index in [1.54, 1.807) is 13.8 Å². The summed E-state index contributed by atoms with van der Waals surface area (Å²) in [7, 11) is 0. The summed E-state index contributed by atoms with van der Waals surface area (Å²) in [6, 6.07) is 0. The standard InChI is InChI=1S/C12H18O3.H2/c1-7(2)10(5)14-12(6)9(4)8(3)11(13)15-12;/h1-6H3;1H/i;1+1. The van der Waals surface area contributed by atoms with Gasteiger partial charge in [0.05, 0.1) is 5.76 Å². The second kappa shape index (κ2) is 3.72. The summed E-state index contributed by atoms with van der Waals surface area (Å²) in [5, 5.41) is 0. The average molecular weight is 213 g/mol. The molecule has 0 bridgehead atoms. The zero-order valence-corrected chi connectivity index (χ0v) is 10.2. The molecule has 0 aromatic rings. The molecule has 15 heavy (non-hydrogen) atoms. The summed E-state index contributed by atoms with van der Waals surface area (Å²) in [5.41, 5.74) is 2.55. The maximum absolute atomic E-state index is 11.4. The molecule has 0 spiro atoms. The molecule has 0 aromatic heterocycles. The second-order valence-corrected chi connectivity index (χ2v) is 4.24. The van der Waals surface area contributed by atoms with Crippen LogP contribution in [0.5, 0.6) is 0 Å². The van der Waals surface area contributed by atoms with E-state index in [9.17, 15) is 4.79 Å². The quantitative estimate of drug-likeness (QED) is 0.522. The molecule has 0 fully saturated rings. The molecule has 1 aliphatic rings. The van der Waals surface area contributed by atoms with E-state index in [0.29, 0.717) is 5.57 Å². The third-order valence-corrected chi connectivity index (χ3v) is 2.89. The molecule has 0 N–H and O–H groups in total. The highest BCUT2D eigenvalue weighted by Crippen LogP contribution is 2.35. The van der Waals surface area contributed by atoms with E-state index in [-0.39, 0.29) is 7.40 Å². The molecule has 0 aliphatic carbocycles. The molecule has 0 amide bonds. The van der Waals surface area contributed by atoms with Crippen LogP contribution in [0.1, 0.15) is 43.0 Å². The molecular weight excluding hydrogens is 192 g/mol. The van der Waals surface area contributed by atoms with Crippen molar-refractivity contribution in [2.75, 3.05) is 0 Å². The van der Waals surface area contributed by atoms with E-state index < -0.39 is 5.79 Å². The fourth-order valence-corrected chi connectivity index (χ4v) is 1.32. The Hall–Kier alpha value is -1.25. The van der Waals surface area contributed by atoms with Crippen LogP contribution in [0.2, 0.25) is 0 Å². The van der Waals surface area contributed by atoms with Crippen molar-refractivity contribution in [1.29, 1.82) is 0 Å². The number of cyclic esters (lactones) is 1. The lowest BCUT2D eigenvalue weighted by Crippen LogP contribution is -2.30. The SMILES string of the molecule is CC(C)=C(C)OC1(C)OC(=O)C(C)=C1C.[2HH]. The Morgan fingerprint density at radius 1 is 1.33 bits per heavy atom. The lowest BCUT2D eigenvalue weighted by atomic mass is 10.1. The Morgan fingerprint density at radius 2 is 1.87 bits per heavy atom. The molecule has 86 valence electrons. The fourth-order valence-electron chi connectivity index (χ4n) is 1.32. The summed E-state index contributed by atoms with van der Waals surface area (Å²) >= 11 is 0. The Bertz CT molecular complexity index is 364. The normalized spacial score (nSPS) is 25.3. The second-order valence-electron chi connectivity index (χ2n) is 4.24. The van der Waals surface area contributed by atoms with Crippen molar-refractivity contribution >= 4 is 5.97 Å². The van der Waals surface area contributed by atoms with Crippen LogP contribution >= 0.6 is 0 Å². The summed E-state index contributed by atoms with van der Waals surface area (Å²) in [6.07, 6.45) is 0. The molecule has 1 unspecified atom stereocenters. The Morgan fingerprint density at radius 3 is 2.20 bits per heavy atom. The third kappa shape index (κ3) is 2.06. The first-order chi connectivity index (χ1) is 6.78. The van der Waals surface area contributed by atoms with E-state index in [1.807, 2.05) is 27.7 Å². The van der Waals surface area contributed by atoms with Crippen molar-refractivity contribution in [2.24, 2.45) is 0 Å². The minimum absolute atomic E-state index is 0. The largest absolute Gasteiger partial charge is 0.453 e. The molecule has 1 atom stereocenters. The van der Waals surface area contributed by atoms with Gasteiger partial charge in [0.15, 0.2) is 0 Å². The molecule has 0 radical (unpaired) electrons. The first-order valence-corrected chi connectivity index (χ1v) is 5.02. The summed E-state index contributed by atoms with van der Waals surface area (Å²) in [4.78, 5) is 11.4. The number of hydrogen-bond acceptors (Lipinski definition) is 3. The molecular formula is C12H20O3. The predicted molar refractivity (Wildman–Crippen MR) is 60.1 cm³/mol. The number of carbonyl (C=O) groups excluding carboxylic acids is 1. The molecule has 3 nitrogen and oxygen atoms in total. The average Bonchev–Trinajstić information content (AvgIpc) is 2.30. The van der Waals surface area contributed by atoms with Crippen LogP contribution in [-0.4, -0.2) is 11.8 Å². The van der Waals surface area contributed by atoms with Gasteiger partial charge in [-0.05, 0) is 40.2 Å². The molecule has 1 aliphatic heterocycles. The van der Waals surface area contributed by atoms with Crippen LogP contribution in [0.15, 0.2) is 22.5 Å². The van der Waals surface area contributed by atoms with Crippen molar-refractivity contribution in [3.8, 4) is 0 Å². The van der Waals surface area contributed by atoms with Gasteiger partial charge in [-0.25, -0.2) is 4.79 Å². The molecule has 3 heteroatoms. The number of hydrogen-bond donors (Lipinski definition) is 0. The minimum atomic E-state index is -0.928. The summed E-state index contributed by atoms with van der Waals surface area (Å²) < 4.78 is 10.9. The molecule has 0 aromatic carbocycles. The minimum Gasteiger partial charge on any atom is -0.453 e. The Labute approximate surface area is 92.2 Å². The fraction of sp³-hybridized carbons (Fsp3) is 0.583. The van der Waals surface area contributed by atoms with Crippen LogP contribution in [0.4, 0.5) is 0 Å². The number of rotatable bonds is 2. The van der Waals surface area contributed by atoms with Gasteiger partial charge in [0.2, 0.25) is 0 Å². The molecule has 0 saturated heterocycles. The highest BCUT2D eigenvalue weighted by molar-refractivity contribution is 5.91. The van der Waals surface area contributed by atoms with Gasteiger partial charge in [0.1, 0.15) is 0 Å². The zero-order valence-electron chi connectivity index (χ0n) is 10.2. The first kappa shape index (κ1) is 11.8. The highest BCUT2D eigenvalue weighted by Gasteiger charge is 2.42. The van der Waals surface area contributed by atoms with E-state index >= 15 is 0 Å². The lowest BCUT2D eigenvalue weighted by Gasteiger charge is -2.27. The van der Waals surface area contributed by atoms with Crippen LogP contribution in [0, 0.1) is 0 Å². The zero-order chi connectivity index (χ0) is 11.8. The van der Waals surface area contributed by atoms with E-state index in [1.165, 1.54) is 0 Å². The van der Waals surface area contributed by atoms with Crippen LogP contribution in [-0.2, 0) is 14.3 Å². The topological polar surface area (TPSA) is 35.5 Å². The van der Waals surface area contributed by atoms with Gasteiger partial charge in [-0.15, -0.1) is 0 Å². The van der Waals surface area contributed by atoms with Crippen molar-refractivity contribution < 1.29 is 15.7 Å². The van der Waals surface area contributed by atoms with Gasteiger partial charge >= 0.3 is 5.97 Å². The highest BCUT2D eigenvalue weighted by atomic mass is 16.7. The maximum atomic E-state index is 11.4. The number of esters is 1. The number of ether oxygens (including phenoxy) is 2. The van der Waals surface area contributed by atoms with Gasteiger partial charge in [-0.1, -0.05) is 0 Å². The predicted octanol–water partition coefficient (Wildman–Crippen LogP) is 3.17. The van der Waals surface area contributed by atoms with Crippen LogP contribution in [0.25, 0.3) is 0 Å². The number of carbonyl (C=O) groups is 1. The molecule has 1 heterocycles. The Kier molecular flexibility index (Phi) is 2.93. The lowest BCUT2D eigenvalue weighted by molar-refractivity contribution is -0.181. The maximum Gasteiger partial charge on any atom is 0.337 e. The van der Waals surface area contributed by atoms with E-state index in [4.69, 9.17) is 9.47 Å².